The van der Waals surface area contributed by atoms with Crippen LogP contribution in [0.4, 0.5) is 0 Å². The van der Waals surface area contributed by atoms with Gasteiger partial charge in [0.15, 0.2) is 0 Å². The Labute approximate surface area is 206 Å². The van der Waals surface area contributed by atoms with Gasteiger partial charge in [-0.3, -0.25) is 9.59 Å². The molecule has 2 aromatic carbocycles. The lowest BCUT2D eigenvalue weighted by Crippen LogP contribution is -2.44. The van der Waals surface area contributed by atoms with Gasteiger partial charge in [0.05, 0.1) is 6.54 Å². The van der Waals surface area contributed by atoms with E-state index in [0.717, 1.165) is 25.1 Å². The van der Waals surface area contributed by atoms with Gasteiger partial charge in [-0.2, -0.15) is 0 Å². The number of amides is 2. The Morgan fingerprint density at radius 1 is 1.09 bits per heavy atom. The fraction of sp³-hybridized carbons (Fsp3) is 0.286. The largest absolute Gasteiger partial charge is 0.345 e. The van der Waals surface area contributed by atoms with Crippen LogP contribution in [0.2, 0.25) is 5.02 Å². The summed E-state index contributed by atoms with van der Waals surface area (Å²) >= 11 is 5.97. The number of aromatic nitrogens is 1. The Morgan fingerprint density at radius 2 is 1.82 bits per heavy atom. The normalized spacial score (nSPS) is 12.9. The third-order valence-electron chi connectivity index (χ3n) is 6.23. The van der Waals surface area contributed by atoms with E-state index in [-0.39, 0.29) is 24.4 Å². The monoisotopic (exact) mass is 475 g/mol. The number of benzene rings is 2. The van der Waals surface area contributed by atoms with E-state index in [1.807, 2.05) is 30.5 Å². The maximum atomic E-state index is 13.4. The van der Waals surface area contributed by atoms with Gasteiger partial charge in [0.25, 0.3) is 5.91 Å². The number of carbonyl (C=O) groups excluding carboxylic acids is 2. The molecular weight excluding hydrogens is 446 g/mol. The summed E-state index contributed by atoms with van der Waals surface area (Å²) in [6, 6.07) is 19.3. The van der Waals surface area contributed by atoms with Crippen LogP contribution in [0.25, 0.3) is 0 Å². The number of halogens is 1. The molecule has 1 fully saturated rings. The summed E-state index contributed by atoms with van der Waals surface area (Å²) in [5, 5.41) is 0.580. The molecule has 1 heterocycles. The predicted molar refractivity (Wildman–Crippen MR) is 136 cm³/mol. The van der Waals surface area contributed by atoms with Crippen LogP contribution >= 0.6 is 11.6 Å². The first kappa shape index (κ1) is 23.8. The highest BCUT2D eigenvalue weighted by Crippen LogP contribution is 2.28. The van der Waals surface area contributed by atoms with E-state index in [4.69, 9.17) is 11.6 Å². The summed E-state index contributed by atoms with van der Waals surface area (Å²) in [7, 11) is 0. The summed E-state index contributed by atoms with van der Waals surface area (Å²) in [6.07, 6.45) is 5.62. The smallest absolute Gasteiger partial charge is 0.254 e. The molecule has 4 rings (SSSR count). The molecular formula is C28H30ClN3O2. The summed E-state index contributed by atoms with van der Waals surface area (Å²) in [5.41, 5.74) is 4.07. The minimum absolute atomic E-state index is 0.0540. The molecule has 1 aliphatic rings. The molecule has 0 aliphatic heterocycles. The maximum Gasteiger partial charge on any atom is 0.254 e. The summed E-state index contributed by atoms with van der Waals surface area (Å²) < 4.78 is 2.17. The van der Waals surface area contributed by atoms with Crippen molar-refractivity contribution in [1.82, 2.24) is 14.4 Å². The molecule has 1 saturated carbocycles. The van der Waals surface area contributed by atoms with Crippen LogP contribution in [-0.4, -0.2) is 45.3 Å². The number of hydrogen-bond acceptors (Lipinski definition) is 2. The Morgan fingerprint density at radius 3 is 2.50 bits per heavy atom. The van der Waals surface area contributed by atoms with E-state index in [0.29, 0.717) is 23.7 Å². The number of rotatable bonds is 10. The lowest BCUT2D eigenvalue weighted by atomic mass is 10.1. The third-order valence-corrected chi connectivity index (χ3v) is 6.48. The van der Waals surface area contributed by atoms with Gasteiger partial charge in [-0.05, 0) is 67.3 Å². The highest BCUT2D eigenvalue weighted by atomic mass is 35.5. The predicted octanol–water partition coefficient (Wildman–Crippen LogP) is 5.32. The van der Waals surface area contributed by atoms with Gasteiger partial charge in [-0.15, -0.1) is 6.58 Å². The van der Waals surface area contributed by atoms with E-state index in [2.05, 4.69) is 30.2 Å². The van der Waals surface area contributed by atoms with Gasteiger partial charge >= 0.3 is 0 Å². The molecule has 6 heteroatoms. The number of hydrogen-bond donors (Lipinski definition) is 0. The molecule has 0 N–H and O–H groups in total. The molecule has 0 unspecified atom stereocenters. The van der Waals surface area contributed by atoms with Crippen molar-refractivity contribution in [3.8, 4) is 0 Å². The van der Waals surface area contributed by atoms with E-state index in [9.17, 15) is 9.59 Å². The van der Waals surface area contributed by atoms with E-state index in [1.54, 1.807) is 40.1 Å². The lowest BCUT2D eigenvalue weighted by molar-refractivity contribution is -0.132. The summed E-state index contributed by atoms with van der Waals surface area (Å²) in [6.45, 7) is 7.62. The van der Waals surface area contributed by atoms with Crippen LogP contribution < -0.4 is 0 Å². The fourth-order valence-electron chi connectivity index (χ4n) is 4.08. The zero-order valence-electron chi connectivity index (χ0n) is 19.5. The van der Waals surface area contributed by atoms with Crippen LogP contribution in [0.15, 0.2) is 79.5 Å². The Bertz CT molecular complexity index is 1160. The average molecular weight is 476 g/mol. The van der Waals surface area contributed by atoms with Gasteiger partial charge in [0.1, 0.15) is 6.54 Å². The Kier molecular flexibility index (Phi) is 7.53. The van der Waals surface area contributed by atoms with Gasteiger partial charge in [-0.25, -0.2) is 0 Å². The van der Waals surface area contributed by atoms with Gasteiger partial charge in [-0.1, -0.05) is 41.9 Å². The van der Waals surface area contributed by atoms with Crippen molar-refractivity contribution >= 4 is 23.4 Å². The first-order chi connectivity index (χ1) is 16.5. The standard InChI is InChI=1S/C28H30ClN3O2/c1-3-16-31(19-26-9-6-17-30(26)18-23-8-5-4-7-21(23)2)27(33)20-32(25-14-15-25)28(34)22-10-12-24(29)13-11-22/h3-13,17,25H,1,14-16,18-20H2,2H3. The lowest BCUT2D eigenvalue weighted by Gasteiger charge is -2.27. The number of carbonyl (C=O) groups is 2. The molecule has 1 aromatic heterocycles. The van der Waals surface area contributed by atoms with Crippen LogP contribution in [-0.2, 0) is 17.9 Å². The average Bonchev–Trinajstić information content (AvgIpc) is 3.58. The van der Waals surface area contributed by atoms with Crippen molar-refractivity contribution in [3.05, 3.63) is 107 Å². The zero-order valence-corrected chi connectivity index (χ0v) is 20.2. The molecule has 0 bridgehead atoms. The quantitative estimate of drug-likeness (QED) is 0.373. The molecule has 1 aliphatic carbocycles. The SMILES string of the molecule is C=CCN(Cc1cccn1Cc1ccccc1C)C(=O)CN(C(=O)c1ccc(Cl)cc1)C1CC1. The van der Waals surface area contributed by atoms with Crippen molar-refractivity contribution < 1.29 is 9.59 Å². The fourth-order valence-corrected chi connectivity index (χ4v) is 4.21. The molecule has 3 aromatic rings. The molecule has 0 radical (unpaired) electrons. The van der Waals surface area contributed by atoms with Crippen molar-refractivity contribution in [2.45, 2.75) is 38.9 Å². The van der Waals surface area contributed by atoms with Crippen molar-refractivity contribution in [1.29, 1.82) is 0 Å². The second-order valence-electron chi connectivity index (χ2n) is 8.79. The van der Waals surface area contributed by atoms with Crippen LogP contribution in [0.5, 0.6) is 0 Å². The maximum absolute atomic E-state index is 13.4. The molecule has 5 nitrogen and oxygen atoms in total. The summed E-state index contributed by atoms with van der Waals surface area (Å²) in [4.78, 5) is 30.0. The minimum atomic E-state index is -0.131. The van der Waals surface area contributed by atoms with Gasteiger partial charge in [0, 0.05) is 41.6 Å². The van der Waals surface area contributed by atoms with Crippen LogP contribution in [0, 0.1) is 6.92 Å². The molecule has 0 spiro atoms. The molecule has 34 heavy (non-hydrogen) atoms. The van der Waals surface area contributed by atoms with Crippen LogP contribution in [0.1, 0.15) is 40.0 Å². The molecule has 0 atom stereocenters. The highest BCUT2D eigenvalue weighted by molar-refractivity contribution is 6.30. The second kappa shape index (κ2) is 10.7. The van der Waals surface area contributed by atoms with E-state index < -0.39 is 0 Å². The molecule has 2 amide bonds. The Hall–Kier alpha value is -3.31. The summed E-state index contributed by atoms with van der Waals surface area (Å²) in [5.74, 6) is -0.216. The molecule has 176 valence electrons. The molecule has 0 saturated heterocycles. The van der Waals surface area contributed by atoms with E-state index in [1.165, 1.54) is 11.1 Å². The third kappa shape index (κ3) is 5.78. The van der Waals surface area contributed by atoms with Crippen molar-refractivity contribution in [3.63, 3.8) is 0 Å². The van der Waals surface area contributed by atoms with Crippen molar-refractivity contribution in [2.75, 3.05) is 13.1 Å². The first-order valence-electron chi connectivity index (χ1n) is 11.6. The topological polar surface area (TPSA) is 45.6 Å². The van der Waals surface area contributed by atoms with Crippen LogP contribution in [0.3, 0.4) is 0 Å². The van der Waals surface area contributed by atoms with Gasteiger partial charge in [0.2, 0.25) is 5.91 Å². The number of aryl methyl sites for hydroxylation is 1. The minimum Gasteiger partial charge on any atom is -0.345 e. The zero-order chi connectivity index (χ0) is 24.1. The van der Waals surface area contributed by atoms with Gasteiger partial charge < -0.3 is 14.4 Å². The Balaban J connectivity index is 1.48. The number of nitrogens with zero attached hydrogens (tertiary/aromatic N) is 3. The first-order valence-corrected chi connectivity index (χ1v) is 12.0. The second-order valence-corrected chi connectivity index (χ2v) is 9.22. The highest BCUT2D eigenvalue weighted by Gasteiger charge is 2.35. The van der Waals surface area contributed by atoms with E-state index >= 15 is 0 Å². The van der Waals surface area contributed by atoms with Crippen molar-refractivity contribution in [2.24, 2.45) is 0 Å².